The Labute approximate surface area is 203 Å². The van der Waals surface area contributed by atoms with Crippen LogP contribution in [0.2, 0.25) is 5.02 Å². The van der Waals surface area contributed by atoms with E-state index in [0.29, 0.717) is 28.3 Å². The van der Waals surface area contributed by atoms with Gasteiger partial charge in [-0.3, -0.25) is 0 Å². The van der Waals surface area contributed by atoms with Gasteiger partial charge in [0.05, 0.1) is 10.7 Å². The van der Waals surface area contributed by atoms with Gasteiger partial charge in [-0.1, -0.05) is 11.6 Å². The van der Waals surface area contributed by atoms with Crippen molar-refractivity contribution >= 4 is 29.2 Å². The lowest BCUT2D eigenvalue weighted by molar-refractivity contribution is 0.509. The molecule has 0 bridgehead atoms. The number of piperazine rings is 1. The molecule has 0 N–H and O–H groups in total. The highest BCUT2D eigenvalue weighted by Gasteiger charge is 2.29. The van der Waals surface area contributed by atoms with E-state index in [9.17, 15) is 8.78 Å². The molecule has 2 aliphatic heterocycles. The first-order valence-electron chi connectivity index (χ1n) is 11.6. The Morgan fingerprint density at radius 2 is 1.79 bits per heavy atom. The summed E-state index contributed by atoms with van der Waals surface area (Å²) in [4.78, 5) is 20.8. The Bertz CT molecular complexity index is 1190. The minimum absolute atomic E-state index is 0.128. The number of nitrogens with zero attached hydrogens (tertiary/aromatic N) is 6. The molecule has 178 valence electrons. The summed E-state index contributed by atoms with van der Waals surface area (Å²) in [5.41, 5.74) is 1.11. The summed E-state index contributed by atoms with van der Waals surface area (Å²) >= 11 is 6.38. The summed E-state index contributed by atoms with van der Waals surface area (Å²) in [7, 11) is 0. The zero-order valence-corrected chi connectivity index (χ0v) is 20.0. The van der Waals surface area contributed by atoms with Crippen molar-refractivity contribution in [3.63, 3.8) is 0 Å². The van der Waals surface area contributed by atoms with Gasteiger partial charge in [-0.05, 0) is 57.0 Å². The molecule has 2 atom stereocenters. The fourth-order valence-electron chi connectivity index (χ4n) is 4.83. The van der Waals surface area contributed by atoms with Crippen molar-refractivity contribution in [2.24, 2.45) is 0 Å². The summed E-state index contributed by atoms with van der Waals surface area (Å²) in [5, 5.41) is 0.635. The van der Waals surface area contributed by atoms with E-state index in [-0.39, 0.29) is 6.04 Å². The monoisotopic (exact) mass is 484 g/mol. The SMILES string of the molecule is CC1CCCN1c1nc(-c2ccc(F)c(F)c2)cc(N2CCN(c3ncccc3Cl)C[C@@H]2C)n1. The summed E-state index contributed by atoms with van der Waals surface area (Å²) in [5.74, 6) is 0.437. The molecule has 0 amide bonds. The van der Waals surface area contributed by atoms with Crippen LogP contribution in [-0.2, 0) is 0 Å². The maximum absolute atomic E-state index is 14.0. The van der Waals surface area contributed by atoms with Gasteiger partial charge in [0.25, 0.3) is 0 Å². The molecule has 0 spiro atoms. The van der Waals surface area contributed by atoms with Gasteiger partial charge in [0, 0.05) is 56.1 Å². The first-order chi connectivity index (χ1) is 16.4. The van der Waals surface area contributed by atoms with Crippen LogP contribution in [-0.4, -0.2) is 53.2 Å². The van der Waals surface area contributed by atoms with Crippen molar-refractivity contribution in [2.75, 3.05) is 40.9 Å². The molecular formula is C25H27ClF2N6. The summed E-state index contributed by atoms with van der Waals surface area (Å²) in [6.45, 7) is 7.37. The topological polar surface area (TPSA) is 48.4 Å². The second-order valence-corrected chi connectivity index (χ2v) is 9.43. The number of rotatable bonds is 4. The largest absolute Gasteiger partial charge is 0.352 e. The van der Waals surface area contributed by atoms with Crippen molar-refractivity contribution < 1.29 is 8.78 Å². The van der Waals surface area contributed by atoms with Gasteiger partial charge in [-0.15, -0.1) is 0 Å². The average molecular weight is 485 g/mol. The third-order valence-electron chi connectivity index (χ3n) is 6.69. The van der Waals surface area contributed by atoms with Crippen LogP contribution in [0.25, 0.3) is 11.3 Å². The highest BCUT2D eigenvalue weighted by atomic mass is 35.5. The van der Waals surface area contributed by atoms with E-state index >= 15 is 0 Å². The maximum atomic E-state index is 14.0. The molecule has 5 rings (SSSR count). The smallest absolute Gasteiger partial charge is 0.228 e. The minimum atomic E-state index is -0.886. The third-order valence-corrected chi connectivity index (χ3v) is 6.98. The fourth-order valence-corrected chi connectivity index (χ4v) is 5.07. The predicted molar refractivity (Wildman–Crippen MR) is 132 cm³/mol. The van der Waals surface area contributed by atoms with Crippen molar-refractivity contribution in [1.29, 1.82) is 0 Å². The van der Waals surface area contributed by atoms with E-state index in [1.165, 1.54) is 6.07 Å². The second-order valence-electron chi connectivity index (χ2n) is 9.02. The van der Waals surface area contributed by atoms with E-state index in [1.807, 2.05) is 18.2 Å². The Morgan fingerprint density at radius 3 is 2.50 bits per heavy atom. The van der Waals surface area contributed by atoms with Crippen LogP contribution in [0.1, 0.15) is 26.7 Å². The van der Waals surface area contributed by atoms with Crippen molar-refractivity contribution in [1.82, 2.24) is 15.0 Å². The summed E-state index contributed by atoms with van der Waals surface area (Å²) in [6, 6.07) is 9.90. The Balaban J connectivity index is 1.49. The molecule has 0 saturated carbocycles. The van der Waals surface area contributed by atoms with Crippen molar-refractivity contribution in [2.45, 2.75) is 38.8 Å². The maximum Gasteiger partial charge on any atom is 0.228 e. The number of pyridine rings is 1. The molecule has 2 saturated heterocycles. The molecule has 2 fully saturated rings. The van der Waals surface area contributed by atoms with E-state index in [4.69, 9.17) is 21.6 Å². The quantitative estimate of drug-likeness (QED) is 0.509. The van der Waals surface area contributed by atoms with Gasteiger partial charge in [0.1, 0.15) is 11.6 Å². The lowest BCUT2D eigenvalue weighted by Gasteiger charge is -2.41. The molecule has 2 aliphatic rings. The molecule has 9 heteroatoms. The van der Waals surface area contributed by atoms with Crippen LogP contribution in [0.5, 0.6) is 0 Å². The molecular weight excluding hydrogens is 458 g/mol. The first-order valence-corrected chi connectivity index (χ1v) is 12.0. The van der Waals surface area contributed by atoms with Gasteiger partial charge >= 0.3 is 0 Å². The van der Waals surface area contributed by atoms with Crippen molar-refractivity contribution in [3.8, 4) is 11.3 Å². The van der Waals surface area contributed by atoms with E-state index < -0.39 is 11.6 Å². The minimum Gasteiger partial charge on any atom is -0.352 e. The third kappa shape index (κ3) is 4.39. The van der Waals surface area contributed by atoms with E-state index in [0.717, 1.165) is 56.7 Å². The molecule has 0 radical (unpaired) electrons. The number of anilines is 3. The standard InChI is InChI=1S/C25H27ClF2N6/c1-16-5-4-10-34(16)25-30-22(18-7-8-20(27)21(28)13-18)14-23(31-25)33-12-11-32(15-17(33)2)24-19(26)6-3-9-29-24/h3,6-9,13-14,16-17H,4-5,10-12,15H2,1-2H3/t16?,17-/m0/s1. The van der Waals surface area contributed by atoms with Crippen LogP contribution < -0.4 is 14.7 Å². The first kappa shape index (κ1) is 22.8. The Hall–Kier alpha value is -3.00. The second kappa shape index (κ2) is 9.33. The van der Waals surface area contributed by atoms with Gasteiger partial charge in [-0.25, -0.2) is 18.7 Å². The van der Waals surface area contributed by atoms with Gasteiger partial charge < -0.3 is 14.7 Å². The Kier molecular flexibility index (Phi) is 6.25. The van der Waals surface area contributed by atoms with Gasteiger partial charge in [0.15, 0.2) is 11.6 Å². The molecule has 2 aromatic heterocycles. The van der Waals surface area contributed by atoms with Crippen molar-refractivity contribution in [3.05, 3.63) is 59.3 Å². The number of hydrogen-bond donors (Lipinski definition) is 0. The van der Waals surface area contributed by atoms with Gasteiger partial charge in [-0.2, -0.15) is 4.98 Å². The summed E-state index contributed by atoms with van der Waals surface area (Å²) in [6.07, 6.45) is 3.91. The van der Waals surface area contributed by atoms with E-state index in [1.54, 1.807) is 12.3 Å². The normalized spacial score (nSPS) is 20.8. The number of aromatic nitrogens is 3. The number of halogens is 3. The number of hydrogen-bond acceptors (Lipinski definition) is 6. The lowest BCUT2D eigenvalue weighted by Crippen LogP contribution is -2.52. The zero-order chi connectivity index (χ0) is 23.8. The van der Waals surface area contributed by atoms with Crippen LogP contribution in [0.3, 0.4) is 0 Å². The van der Waals surface area contributed by atoms with Crippen LogP contribution >= 0.6 is 11.6 Å². The van der Waals surface area contributed by atoms with Crippen LogP contribution in [0.15, 0.2) is 42.6 Å². The van der Waals surface area contributed by atoms with Gasteiger partial charge in [0.2, 0.25) is 5.95 Å². The lowest BCUT2D eigenvalue weighted by atomic mass is 10.1. The molecule has 6 nitrogen and oxygen atoms in total. The molecule has 3 aromatic rings. The average Bonchev–Trinajstić information content (AvgIpc) is 3.26. The zero-order valence-electron chi connectivity index (χ0n) is 19.3. The predicted octanol–water partition coefficient (Wildman–Crippen LogP) is 5.17. The molecule has 0 aliphatic carbocycles. The summed E-state index contributed by atoms with van der Waals surface area (Å²) < 4.78 is 27.6. The molecule has 34 heavy (non-hydrogen) atoms. The highest BCUT2D eigenvalue weighted by Crippen LogP contribution is 2.32. The molecule has 1 aromatic carbocycles. The molecule has 4 heterocycles. The fraction of sp³-hybridized carbons (Fsp3) is 0.400. The highest BCUT2D eigenvalue weighted by molar-refractivity contribution is 6.32. The van der Waals surface area contributed by atoms with E-state index in [2.05, 4.69) is 33.5 Å². The van der Waals surface area contributed by atoms with Crippen LogP contribution in [0, 0.1) is 11.6 Å². The van der Waals surface area contributed by atoms with Crippen LogP contribution in [0.4, 0.5) is 26.4 Å². The molecule has 1 unspecified atom stereocenters. The number of benzene rings is 1. The Morgan fingerprint density at radius 1 is 0.941 bits per heavy atom.